The monoisotopic (exact) mass is 486 g/mol. The van der Waals surface area contributed by atoms with Gasteiger partial charge in [0.2, 0.25) is 0 Å². The van der Waals surface area contributed by atoms with Gasteiger partial charge >= 0.3 is 6.03 Å². The van der Waals surface area contributed by atoms with E-state index in [1.807, 2.05) is 36.4 Å². The number of ether oxygens (including phenoxy) is 2. The Kier molecular flexibility index (Phi) is 7.21. The van der Waals surface area contributed by atoms with Crippen molar-refractivity contribution in [3.05, 3.63) is 72.3 Å². The number of hydrogen-bond acceptors (Lipinski definition) is 5. The Bertz CT molecular complexity index is 1220. The summed E-state index contributed by atoms with van der Waals surface area (Å²) in [6, 6.07) is 19.6. The van der Waals surface area contributed by atoms with Gasteiger partial charge in [0.15, 0.2) is 11.5 Å². The third-order valence-electron chi connectivity index (χ3n) is 6.29. The molecule has 3 amide bonds. The fraction of sp³-hybridized carbons (Fsp3) is 0.286. The van der Waals surface area contributed by atoms with Crippen LogP contribution in [0.1, 0.15) is 36.0 Å². The maximum absolute atomic E-state index is 13.0. The summed E-state index contributed by atoms with van der Waals surface area (Å²) in [5, 5.41) is 8.81. The molecule has 2 aliphatic rings. The number of benzene rings is 3. The fourth-order valence-corrected chi connectivity index (χ4v) is 4.50. The summed E-state index contributed by atoms with van der Waals surface area (Å²) in [6.45, 7) is 2.84. The molecule has 3 N–H and O–H groups in total. The summed E-state index contributed by atoms with van der Waals surface area (Å²) >= 11 is 0. The molecular weight excluding hydrogens is 456 g/mol. The Labute approximate surface area is 210 Å². The first-order valence-electron chi connectivity index (χ1n) is 12.4. The number of hydrogen-bond donors (Lipinski definition) is 3. The van der Waals surface area contributed by atoms with Crippen LogP contribution in [0.25, 0.3) is 0 Å². The van der Waals surface area contributed by atoms with Gasteiger partial charge in [0.1, 0.15) is 13.2 Å². The summed E-state index contributed by atoms with van der Waals surface area (Å²) in [7, 11) is 0. The largest absolute Gasteiger partial charge is 0.486 e. The van der Waals surface area contributed by atoms with Gasteiger partial charge in [-0.3, -0.25) is 4.79 Å². The smallest absolute Gasteiger partial charge is 0.323 e. The average molecular weight is 487 g/mol. The molecule has 0 aliphatic carbocycles. The first kappa shape index (κ1) is 23.5. The second kappa shape index (κ2) is 11.0. The lowest BCUT2D eigenvalue weighted by molar-refractivity contribution is 0.102. The summed E-state index contributed by atoms with van der Waals surface area (Å²) in [5.41, 5.74) is 3.35. The van der Waals surface area contributed by atoms with Gasteiger partial charge in [-0.1, -0.05) is 31.0 Å². The Morgan fingerprint density at radius 3 is 2.17 bits per heavy atom. The van der Waals surface area contributed by atoms with Crippen LogP contribution >= 0.6 is 0 Å². The molecule has 5 rings (SSSR count). The number of urea groups is 1. The number of carbonyl (C=O) groups excluding carboxylic acids is 2. The number of fused-ring (bicyclic) bond motifs is 1. The zero-order valence-electron chi connectivity index (χ0n) is 20.1. The lowest BCUT2D eigenvalue weighted by atomic mass is 10.1. The van der Waals surface area contributed by atoms with E-state index in [9.17, 15) is 9.59 Å². The number of anilines is 4. The van der Waals surface area contributed by atoms with E-state index in [1.165, 1.54) is 12.8 Å². The van der Waals surface area contributed by atoms with Crippen molar-refractivity contribution in [1.29, 1.82) is 0 Å². The number of carbonyl (C=O) groups is 2. The molecule has 0 bridgehead atoms. The summed E-state index contributed by atoms with van der Waals surface area (Å²) in [5.74, 6) is 1.07. The zero-order valence-corrected chi connectivity index (χ0v) is 20.1. The van der Waals surface area contributed by atoms with Crippen molar-refractivity contribution in [2.45, 2.75) is 25.7 Å². The molecule has 1 fully saturated rings. The van der Waals surface area contributed by atoms with Gasteiger partial charge in [-0.25, -0.2) is 4.79 Å². The first-order chi connectivity index (χ1) is 17.7. The number of rotatable bonds is 5. The van der Waals surface area contributed by atoms with Crippen LogP contribution in [0.2, 0.25) is 0 Å². The van der Waals surface area contributed by atoms with Crippen LogP contribution in [-0.4, -0.2) is 38.2 Å². The standard InChI is InChI=1S/C28H30N4O4/c33-27(20-8-4-3-5-9-20)29-21-10-12-24(32-14-6-1-2-7-15-32)23(18-21)31-28(34)30-22-11-13-25-26(19-22)36-17-16-35-25/h3-5,8-13,18-19H,1-2,6-7,14-17H2,(H,29,33)(H2,30,31,34). The normalized spacial score (nSPS) is 14.9. The van der Waals surface area contributed by atoms with Crippen molar-refractivity contribution in [3.8, 4) is 11.5 Å². The van der Waals surface area contributed by atoms with Crippen molar-refractivity contribution in [1.82, 2.24) is 0 Å². The van der Waals surface area contributed by atoms with Gasteiger partial charge < -0.3 is 30.3 Å². The van der Waals surface area contributed by atoms with Crippen molar-refractivity contribution < 1.29 is 19.1 Å². The number of nitrogens with one attached hydrogen (secondary N) is 3. The maximum atomic E-state index is 13.0. The molecule has 3 aromatic carbocycles. The minimum atomic E-state index is -0.380. The van der Waals surface area contributed by atoms with Crippen LogP contribution in [0.3, 0.4) is 0 Å². The van der Waals surface area contributed by atoms with E-state index in [2.05, 4.69) is 20.9 Å². The van der Waals surface area contributed by atoms with Gasteiger partial charge in [-0.05, 0) is 55.3 Å². The van der Waals surface area contributed by atoms with E-state index in [0.717, 1.165) is 31.6 Å². The molecule has 0 unspecified atom stereocenters. The Morgan fingerprint density at radius 1 is 0.694 bits per heavy atom. The van der Waals surface area contributed by atoms with Crippen LogP contribution in [0.5, 0.6) is 11.5 Å². The summed E-state index contributed by atoms with van der Waals surface area (Å²) < 4.78 is 11.2. The maximum Gasteiger partial charge on any atom is 0.323 e. The summed E-state index contributed by atoms with van der Waals surface area (Å²) in [4.78, 5) is 28.0. The Morgan fingerprint density at radius 2 is 1.39 bits per heavy atom. The predicted molar refractivity (Wildman–Crippen MR) is 142 cm³/mol. The molecule has 2 aliphatic heterocycles. The van der Waals surface area contributed by atoms with Gasteiger partial charge in [0.05, 0.1) is 11.4 Å². The highest BCUT2D eigenvalue weighted by atomic mass is 16.6. The molecule has 2 heterocycles. The predicted octanol–water partition coefficient (Wildman–Crippen LogP) is 5.73. The van der Waals surface area contributed by atoms with Crippen LogP contribution in [-0.2, 0) is 0 Å². The molecule has 0 spiro atoms. The molecular formula is C28H30N4O4. The molecule has 0 atom stereocenters. The van der Waals surface area contributed by atoms with Crippen molar-refractivity contribution >= 4 is 34.7 Å². The second-order valence-corrected chi connectivity index (χ2v) is 8.89. The van der Waals surface area contributed by atoms with E-state index in [1.54, 1.807) is 30.3 Å². The van der Waals surface area contributed by atoms with Crippen LogP contribution in [0.15, 0.2) is 66.7 Å². The van der Waals surface area contributed by atoms with Gasteiger partial charge in [0, 0.05) is 36.1 Å². The SMILES string of the molecule is O=C(Nc1ccc2c(c1)OCCO2)Nc1cc(NC(=O)c2ccccc2)ccc1N1CCCCCC1. The Balaban J connectivity index is 1.36. The lowest BCUT2D eigenvalue weighted by Gasteiger charge is -2.26. The van der Waals surface area contributed by atoms with E-state index < -0.39 is 0 Å². The van der Waals surface area contributed by atoms with Gasteiger partial charge in [-0.2, -0.15) is 0 Å². The topological polar surface area (TPSA) is 91.9 Å². The molecule has 8 nitrogen and oxygen atoms in total. The van der Waals surface area contributed by atoms with Crippen LogP contribution < -0.4 is 30.3 Å². The fourth-order valence-electron chi connectivity index (χ4n) is 4.50. The summed E-state index contributed by atoms with van der Waals surface area (Å²) in [6.07, 6.45) is 4.62. The van der Waals surface area contributed by atoms with Crippen molar-refractivity contribution in [3.63, 3.8) is 0 Å². The van der Waals surface area contributed by atoms with E-state index in [-0.39, 0.29) is 11.9 Å². The quantitative estimate of drug-likeness (QED) is 0.428. The highest BCUT2D eigenvalue weighted by Gasteiger charge is 2.18. The molecule has 36 heavy (non-hydrogen) atoms. The molecule has 186 valence electrons. The first-order valence-corrected chi connectivity index (χ1v) is 12.4. The minimum absolute atomic E-state index is 0.204. The highest BCUT2D eigenvalue weighted by Crippen LogP contribution is 2.34. The van der Waals surface area contributed by atoms with Gasteiger partial charge in [0.25, 0.3) is 5.91 Å². The highest BCUT2D eigenvalue weighted by molar-refractivity contribution is 6.06. The second-order valence-electron chi connectivity index (χ2n) is 8.89. The third kappa shape index (κ3) is 5.71. The number of nitrogens with zero attached hydrogens (tertiary/aromatic N) is 1. The molecule has 3 aromatic rings. The van der Waals surface area contributed by atoms with E-state index in [4.69, 9.17) is 9.47 Å². The number of amides is 3. The van der Waals surface area contributed by atoms with E-state index >= 15 is 0 Å². The molecule has 0 saturated carbocycles. The molecule has 1 saturated heterocycles. The average Bonchev–Trinajstić information content (AvgIpc) is 3.19. The van der Waals surface area contributed by atoms with E-state index in [0.29, 0.717) is 47.3 Å². The lowest BCUT2D eigenvalue weighted by Crippen LogP contribution is -2.27. The molecule has 0 aromatic heterocycles. The van der Waals surface area contributed by atoms with Crippen molar-refractivity contribution in [2.75, 3.05) is 47.2 Å². The third-order valence-corrected chi connectivity index (χ3v) is 6.29. The Hall–Kier alpha value is -4.20. The minimum Gasteiger partial charge on any atom is -0.486 e. The van der Waals surface area contributed by atoms with Crippen LogP contribution in [0, 0.1) is 0 Å². The van der Waals surface area contributed by atoms with Crippen LogP contribution in [0.4, 0.5) is 27.5 Å². The van der Waals surface area contributed by atoms with Crippen molar-refractivity contribution in [2.24, 2.45) is 0 Å². The van der Waals surface area contributed by atoms with Gasteiger partial charge in [-0.15, -0.1) is 0 Å². The molecule has 8 heteroatoms. The molecule has 0 radical (unpaired) electrons. The zero-order chi connectivity index (χ0) is 24.7.